The molecule has 2 N–H and O–H groups in total. The van der Waals surface area contributed by atoms with E-state index in [1.165, 1.54) is 0 Å². The Bertz CT molecular complexity index is 1020. The number of nitrogens with zero attached hydrogens (tertiary/aromatic N) is 2. The second-order valence-electron chi connectivity index (χ2n) is 10.7. The molecular weight excluding hydrogens is 432 g/mol. The number of anilines is 1. The molecule has 1 fully saturated rings. The summed E-state index contributed by atoms with van der Waals surface area (Å²) < 4.78 is 7.45. The number of benzene rings is 1. The highest BCUT2D eigenvalue weighted by Crippen LogP contribution is 2.26. The van der Waals surface area contributed by atoms with Gasteiger partial charge in [0, 0.05) is 42.1 Å². The second-order valence-corrected chi connectivity index (χ2v) is 10.7. The molecule has 0 saturated carbocycles. The third kappa shape index (κ3) is 6.85. The molecule has 1 saturated heterocycles. The van der Waals surface area contributed by atoms with E-state index in [9.17, 15) is 14.4 Å². The number of amides is 3. The molecule has 0 radical (unpaired) electrons. The Balaban J connectivity index is 1.60. The Hall–Kier alpha value is -3.29. The van der Waals surface area contributed by atoms with E-state index >= 15 is 0 Å². The van der Waals surface area contributed by atoms with Crippen LogP contribution in [0.1, 0.15) is 81.3 Å². The number of carbonyl (C=O) groups is 3. The second kappa shape index (κ2) is 9.91. The molecule has 8 heteroatoms. The number of rotatable bonds is 4. The van der Waals surface area contributed by atoms with Crippen molar-refractivity contribution in [1.82, 2.24) is 14.8 Å². The fraction of sp³-hybridized carbons (Fsp3) is 0.500. The molecule has 0 atom stereocenters. The van der Waals surface area contributed by atoms with Crippen molar-refractivity contribution in [3.05, 3.63) is 53.9 Å². The van der Waals surface area contributed by atoms with E-state index in [2.05, 4.69) is 10.6 Å². The van der Waals surface area contributed by atoms with Gasteiger partial charge in [0.1, 0.15) is 11.3 Å². The molecular formula is C26H36N4O4. The summed E-state index contributed by atoms with van der Waals surface area (Å²) in [6.07, 6.45) is 3.09. The van der Waals surface area contributed by atoms with E-state index in [0.717, 1.165) is 12.8 Å². The zero-order valence-electron chi connectivity index (χ0n) is 21.0. The van der Waals surface area contributed by atoms with E-state index in [4.69, 9.17) is 4.74 Å². The lowest BCUT2D eigenvalue weighted by Gasteiger charge is -2.34. The van der Waals surface area contributed by atoms with Crippen molar-refractivity contribution >= 4 is 23.6 Å². The van der Waals surface area contributed by atoms with Crippen LogP contribution in [-0.2, 0) is 4.74 Å². The molecule has 0 spiro atoms. The van der Waals surface area contributed by atoms with Gasteiger partial charge in [-0.05, 0) is 90.8 Å². The number of ether oxygens (including phenoxy) is 1. The van der Waals surface area contributed by atoms with Gasteiger partial charge in [-0.15, -0.1) is 0 Å². The molecule has 3 rings (SSSR count). The number of hydrogen-bond donors (Lipinski definition) is 2. The maximum Gasteiger partial charge on any atom is 0.410 e. The van der Waals surface area contributed by atoms with Crippen molar-refractivity contribution in [2.24, 2.45) is 0 Å². The molecule has 3 amide bonds. The van der Waals surface area contributed by atoms with Gasteiger partial charge in [0.25, 0.3) is 11.8 Å². The lowest BCUT2D eigenvalue weighted by Crippen LogP contribution is -2.42. The smallest absolute Gasteiger partial charge is 0.410 e. The van der Waals surface area contributed by atoms with Crippen LogP contribution in [-0.4, -0.2) is 51.6 Å². The summed E-state index contributed by atoms with van der Waals surface area (Å²) in [5.41, 5.74) is 0.871. The first-order chi connectivity index (χ1) is 15.8. The SMILES string of the molecule is CC(C)(C)NC(=O)c1ccc(NC(=O)c2cccn2C2CCN(C(=O)OC(C)(C)C)CC2)cc1. The molecule has 1 aromatic heterocycles. The lowest BCUT2D eigenvalue weighted by molar-refractivity contribution is 0.0187. The summed E-state index contributed by atoms with van der Waals surface area (Å²) in [6, 6.07) is 10.6. The van der Waals surface area contributed by atoms with Crippen LogP contribution in [0, 0.1) is 0 Å². The average Bonchev–Trinajstić information content (AvgIpc) is 3.22. The maximum absolute atomic E-state index is 13.0. The average molecular weight is 469 g/mol. The quantitative estimate of drug-likeness (QED) is 0.671. The summed E-state index contributed by atoms with van der Waals surface area (Å²) >= 11 is 0. The van der Waals surface area contributed by atoms with E-state index in [0.29, 0.717) is 30.0 Å². The van der Waals surface area contributed by atoms with Crippen molar-refractivity contribution in [1.29, 1.82) is 0 Å². The summed E-state index contributed by atoms with van der Waals surface area (Å²) in [7, 11) is 0. The van der Waals surface area contributed by atoms with Crippen LogP contribution in [0.4, 0.5) is 10.5 Å². The van der Waals surface area contributed by atoms with Crippen LogP contribution < -0.4 is 10.6 Å². The first kappa shape index (κ1) is 25.3. The molecule has 1 aliphatic rings. The minimum absolute atomic E-state index is 0.123. The zero-order chi connectivity index (χ0) is 25.1. The highest BCUT2D eigenvalue weighted by atomic mass is 16.6. The van der Waals surface area contributed by atoms with Gasteiger partial charge in [0.05, 0.1) is 0 Å². The first-order valence-corrected chi connectivity index (χ1v) is 11.7. The third-order valence-electron chi connectivity index (χ3n) is 5.41. The van der Waals surface area contributed by atoms with Crippen LogP contribution in [0.2, 0.25) is 0 Å². The van der Waals surface area contributed by atoms with Crippen LogP contribution in [0.3, 0.4) is 0 Å². The number of carbonyl (C=O) groups excluding carboxylic acids is 3. The van der Waals surface area contributed by atoms with Gasteiger partial charge in [0.2, 0.25) is 0 Å². The van der Waals surface area contributed by atoms with Gasteiger partial charge in [-0.1, -0.05) is 0 Å². The molecule has 34 heavy (non-hydrogen) atoms. The highest BCUT2D eigenvalue weighted by Gasteiger charge is 2.28. The third-order valence-corrected chi connectivity index (χ3v) is 5.41. The fourth-order valence-corrected chi connectivity index (χ4v) is 3.87. The highest BCUT2D eigenvalue weighted by molar-refractivity contribution is 6.03. The van der Waals surface area contributed by atoms with Crippen molar-refractivity contribution in [3.8, 4) is 0 Å². The Morgan fingerprint density at radius 1 is 0.912 bits per heavy atom. The molecule has 0 bridgehead atoms. The largest absolute Gasteiger partial charge is 0.444 e. The van der Waals surface area contributed by atoms with Crippen LogP contribution in [0.15, 0.2) is 42.6 Å². The summed E-state index contributed by atoms with van der Waals surface area (Å²) in [4.78, 5) is 39.3. The topological polar surface area (TPSA) is 92.7 Å². The van der Waals surface area contributed by atoms with E-state index in [1.807, 2.05) is 58.4 Å². The van der Waals surface area contributed by atoms with Crippen molar-refractivity contribution in [2.45, 2.75) is 71.6 Å². The molecule has 8 nitrogen and oxygen atoms in total. The van der Waals surface area contributed by atoms with Gasteiger partial charge in [-0.2, -0.15) is 0 Å². The van der Waals surface area contributed by atoms with Gasteiger partial charge >= 0.3 is 6.09 Å². The molecule has 2 heterocycles. The van der Waals surface area contributed by atoms with Crippen molar-refractivity contribution < 1.29 is 19.1 Å². The van der Waals surface area contributed by atoms with Gasteiger partial charge in [-0.3, -0.25) is 9.59 Å². The Morgan fingerprint density at radius 2 is 1.53 bits per heavy atom. The fourth-order valence-electron chi connectivity index (χ4n) is 3.87. The molecule has 2 aromatic rings. The summed E-state index contributed by atoms with van der Waals surface area (Å²) in [5.74, 6) is -0.372. The monoisotopic (exact) mass is 468 g/mol. The predicted molar refractivity (Wildman–Crippen MR) is 132 cm³/mol. The van der Waals surface area contributed by atoms with Crippen molar-refractivity contribution in [2.75, 3.05) is 18.4 Å². The van der Waals surface area contributed by atoms with Gasteiger partial charge in [0.15, 0.2) is 0 Å². The van der Waals surface area contributed by atoms with Crippen LogP contribution >= 0.6 is 0 Å². The van der Waals surface area contributed by atoms with Gasteiger partial charge in [-0.25, -0.2) is 4.79 Å². The number of piperidine rings is 1. The molecule has 0 aliphatic carbocycles. The summed E-state index contributed by atoms with van der Waals surface area (Å²) in [5, 5.41) is 5.84. The molecule has 1 aromatic carbocycles. The van der Waals surface area contributed by atoms with Gasteiger partial charge < -0.3 is 24.8 Å². The molecule has 184 valence electrons. The van der Waals surface area contributed by atoms with Crippen molar-refractivity contribution in [3.63, 3.8) is 0 Å². The Kier molecular flexibility index (Phi) is 7.38. The van der Waals surface area contributed by atoms with E-state index in [1.54, 1.807) is 35.2 Å². The zero-order valence-corrected chi connectivity index (χ0v) is 21.0. The lowest BCUT2D eigenvalue weighted by atomic mass is 10.0. The normalized spacial score (nSPS) is 15.1. The first-order valence-electron chi connectivity index (χ1n) is 11.7. The number of nitrogens with one attached hydrogen (secondary N) is 2. The van der Waals surface area contributed by atoms with E-state index < -0.39 is 5.60 Å². The number of hydrogen-bond acceptors (Lipinski definition) is 4. The van der Waals surface area contributed by atoms with Crippen LogP contribution in [0.5, 0.6) is 0 Å². The standard InChI is InChI=1S/C26H36N4O4/c1-25(2,3)28-22(31)18-9-11-19(12-10-18)27-23(32)21-8-7-15-30(21)20-13-16-29(17-14-20)24(33)34-26(4,5)6/h7-12,15,20H,13-14,16-17H2,1-6H3,(H,27,32)(H,28,31). The Labute approximate surface area is 201 Å². The molecule has 0 unspecified atom stereocenters. The Morgan fingerprint density at radius 3 is 2.09 bits per heavy atom. The number of likely N-dealkylation sites (tertiary alicyclic amines) is 1. The maximum atomic E-state index is 13.0. The van der Waals surface area contributed by atoms with Crippen LogP contribution in [0.25, 0.3) is 0 Å². The predicted octanol–water partition coefficient (Wildman–Crippen LogP) is 4.84. The van der Waals surface area contributed by atoms with E-state index in [-0.39, 0.29) is 29.5 Å². The minimum atomic E-state index is -0.520. The number of aromatic nitrogens is 1. The minimum Gasteiger partial charge on any atom is -0.444 e. The summed E-state index contributed by atoms with van der Waals surface area (Å²) in [6.45, 7) is 12.5. The molecule has 1 aliphatic heterocycles.